The van der Waals surface area contributed by atoms with Gasteiger partial charge >= 0.3 is 5.97 Å². The minimum atomic E-state index is -1.73. The minimum absolute atomic E-state index is 0.168. The summed E-state index contributed by atoms with van der Waals surface area (Å²) in [7, 11) is 1.24. The van der Waals surface area contributed by atoms with Crippen molar-refractivity contribution in [1.82, 2.24) is 0 Å². The third-order valence-corrected chi connectivity index (χ3v) is 2.53. The van der Waals surface area contributed by atoms with Gasteiger partial charge in [0, 0.05) is 5.56 Å². The van der Waals surface area contributed by atoms with Gasteiger partial charge in [-0.05, 0) is 12.1 Å². The van der Waals surface area contributed by atoms with E-state index in [-0.39, 0.29) is 11.3 Å². The number of fused-ring (bicyclic) bond motifs is 1. The molecule has 0 saturated heterocycles. The lowest BCUT2D eigenvalue weighted by Crippen LogP contribution is -2.47. The van der Waals surface area contributed by atoms with Gasteiger partial charge in [-0.15, -0.1) is 0 Å². The van der Waals surface area contributed by atoms with Crippen LogP contribution in [0.15, 0.2) is 24.3 Å². The van der Waals surface area contributed by atoms with Crippen LogP contribution in [0.4, 0.5) is 5.69 Å². The molecule has 0 spiro atoms. The second-order valence-corrected chi connectivity index (χ2v) is 3.47. The lowest BCUT2D eigenvalue weighted by atomic mass is 9.91. The van der Waals surface area contributed by atoms with Crippen LogP contribution < -0.4 is 5.06 Å². The fraction of sp³-hybridized carbons (Fsp3) is 0.182. The van der Waals surface area contributed by atoms with Crippen LogP contribution in [0, 0.1) is 5.92 Å². The molecule has 0 radical (unpaired) electrons. The summed E-state index contributed by atoms with van der Waals surface area (Å²) in [6, 6.07) is 6.21. The number of hydrogen-bond acceptors (Lipinski definition) is 4. The Hall–Kier alpha value is -2.21. The topological polar surface area (TPSA) is 83.9 Å². The van der Waals surface area contributed by atoms with E-state index in [9.17, 15) is 14.4 Å². The van der Waals surface area contributed by atoms with E-state index in [2.05, 4.69) is 0 Å². The molecule has 1 aliphatic rings. The monoisotopic (exact) mass is 235 g/mol. The first-order valence-electron chi connectivity index (χ1n) is 4.82. The molecule has 1 heterocycles. The minimum Gasteiger partial charge on any atom is -0.480 e. The molecule has 1 aromatic carbocycles. The van der Waals surface area contributed by atoms with Crippen molar-refractivity contribution < 1.29 is 24.3 Å². The Morgan fingerprint density at radius 2 is 2.00 bits per heavy atom. The zero-order valence-corrected chi connectivity index (χ0v) is 8.91. The Morgan fingerprint density at radius 3 is 2.59 bits per heavy atom. The number of para-hydroxylation sites is 1. The van der Waals surface area contributed by atoms with E-state index in [0.29, 0.717) is 0 Å². The summed E-state index contributed by atoms with van der Waals surface area (Å²) in [6.07, 6.45) is 0. The summed E-state index contributed by atoms with van der Waals surface area (Å²) in [5, 5.41) is 9.72. The fourth-order valence-electron chi connectivity index (χ4n) is 1.77. The summed E-state index contributed by atoms with van der Waals surface area (Å²) in [5.41, 5.74) is 0.434. The number of nitrogens with zero attached hydrogens (tertiary/aromatic N) is 1. The molecule has 0 aromatic heterocycles. The van der Waals surface area contributed by atoms with Crippen molar-refractivity contribution in [3.63, 3.8) is 0 Å². The average Bonchev–Trinajstić information content (AvgIpc) is 2.29. The van der Waals surface area contributed by atoms with E-state index < -0.39 is 23.6 Å². The van der Waals surface area contributed by atoms with Gasteiger partial charge in [0.15, 0.2) is 5.78 Å². The summed E-state index contributed by atoms with van der Waals surface area (Å²) in [6.45, 7) is 0. The van der Waals surface area contributed by atoms with Crippen LogP contribution in [-0.4, -0.2) is 29.9 Å². The lowest BCUT2D eigenvalue weighted by Gasteiger charge is -2.29. The predicted octanol–water partition coefficient (Wildman–Crippen LogP) is 0.478. The van der Waals surface area contributed by atoms with Crippen LogP contribution in [0.5, 0.6) is 0 Å². The lowest BCUT2D eigenvalue weighted by molar-refractivity contribution is -0.146. The third-order valence-electron chi connectivity index (χ3n) is 2.53. The first-order chi connectivity index (χ1) is 8.07. The molecule has 88 valence electrons. The van der Waals surface area contributed by atoms with E-state index in [1.807, 2.05) is 0 Å². The molecule has 0 bridgehead atoms. The Kier molecular flexibility index (Phi) is 2.64. The number of aliphatic carboxylic acids is 1. The van der Waals surface area contributed by atoms with Crippen molar-refractivity contribution >= 4 is 23.3 Å². The molecular weight excluding hydrogens is 226 g/mol. The molecular formula is C11H9NO5. The zero-order chi connectivity index (χ0) is 12.6. The number of hydroxylamine groups is 1. The maximum Gasteiger partial charge on any atom is 0.324 e. The number of carbonyl (C=O) groups is 3. The SMILES string of the molecule is CON1C(=O)C(C(=O)O)C(=O)c2ccccc21. The molecule has 0 aliphatic carbocycles. The maximum absolute atomic E-state index is 11.8. The molecule has 1 aliphatic heterocycles. The number of amides is 1. The van der Waals surface area contributed by atoms with E-state index in [4.69, 9.17) is 9.94 Å². The number of anilines is 1. The zero-order valence-electron chi connectivity index (χ0n) is 8.91. The van der Waals surface area contributed by atoms with Gasteiger partial charge in [0.25, 0.3) is 5.91 Å². The summed E-state index contributed by atoms with van der Waals surface area (Å²) >= 11 is 0. The normalized spacial score (nSPS) is 19.1. The molecule has 1 amide bonds. The number of benzene rings is 1. The second kappa shape index (κ2) is 3.99. The van der Waals surface area contributed by atoms with Gasteiger partial charge in [-0.3, -0.25) is 19.2 Å². The van der Waals surface area contributed by atoms with E-state index in [1.54, 1.807) is 12.1 Å². The smallest absolute Gasteiger partial charge is 0.324 e. The third kappa shape index (κ3) is 1.58. The van der Waals surface area contributed by atoms with Gasteiger partial charge in [0.2, 0.25) is 5.92 Å². The van der Waals surface area contributed by atoms with Crippen molar-refractivity contribution in [2.45, 2.75) is 0 Å². The highest BCUT2D eigenvalue weighted by Crippen LogP contribution is 2.30. The summed E-state index contributed by atoms with van der Waals surface area (Å²) < 4.78 is 0. The summed E-state index contributed by atoms with van der Waals surface area (Å²) in [5.74, 6) is -4.81. The highest BCUT2D eigenvalue weighted by atomic mass is 16.7. The second-order valence-electron chi connectivity index (χ2n) is 3.47. The predicted molar refractivity (Wildman–Crippen MR) is 56.4 cm³/mol. The van der Waals surface area contributed by atoms with E-state index in [1.165, 1.54) is 19.2 Å². The van der Waals surface area contributed by atoms with Crippen LogP contribution in [0.1, 0.15) is 10.4 Å². The number of hydrogen-bond donors (Lipinski definition) is 1. The quantitative estimate of drug-likeness (QED) is 0.753. The van der Waals surface area contributed by atoms with Gasteiger partial charge in [-0.2, -0.15) is 5.06 Å². The number of Topliss-reactive ketones (excluding diaryl/α,β-unsaturated/α-hetero) is 1. The molecule has 2 rings (SSSR count). The van der Waals surface area contributed by atoms with Gasteiger partial charge in [0.1, 0.15) is 0 Å². The van der Waals surface area contributed by atoms with Gasteiger partial charge in [-0.25, -0.2) is 0 Å². The number of ketones is 1. The van der Waals surface area contributed by atoms with Gasteiger partial charge < -0.3 is 5.11 Å². The molecule has 6 heteroatoms. The molecule has 1 atom stereocenters. The van der Waals surface area contributed by atoms with Crippen LogP contribution in [0.3, 0.4) is 0 Å². The summed E-state index contributed by atoms with van der Waals surface area (Å²) in [4.78, 5) is 39.4. The van der Waals surface area contributed by atoms with Crippen LogP contribution in [-0.2, 0) is 14.4 Å². The molecule has 0 saturated carbocycles. The molecule has 1 unspecified atom stereocenters. The highest BCUT2D eigenvalue weighted by molar-refractivity contribution is 6.29. The number of rotatable bonds is 2. The van der Waals surface area contributed by atoms with Gasteiger partial charge in [0.05, 0.1) is 12.8 Å². The molecule has 1 aromatic rings. The van der Waals surface area contributed by atoms with E-state index in [0.717, 1.165) is 5.06 Å². The van der Waals surface area contributed by atoms with Crippen LogP contribution in [0.2, 0.25) is 0 Å². The van der Waals surface area contributed by atoms with Crippen LogP contribution >= 0.6 is 0 Å². The number of carboxylic acid groups (broad SMARTS) is 1. The molecule has 1 N–H and O–H groups in total. The van der Waals surface area contributed by atoms with Crippen molar-refractivity contribution in [2.75, 3.05) is 12.2 Å². The first kappa shape index (κ1) is 11.3. The largest absolute Gasteiger partial charge is 0.480 e. The Balaban J connectivity index is 2.61. The molecule has 17 heavy (non-hydrogen) atoms. The van der Waals surface area contributed by atoms with E-state index >= 15 is 0 Å². The maximum atomic E-state index is 11.8. The Labute approximate surface area is 96.4 Å². The van der Waals surface area contributed by atoms with Crippen LogP contribution in [0.25, 0.3) is 0 Å². The average molecular weight is 235 g/mol. The number of carboxylic acids is 1. The standard InChI is InChI=1S/C11H9NO5/c1-17-12-7-5-3-2-4-6(7)9(13)8(10(12)14)11(15)16/h2-5,8H,1H3,(H,15,16). The van der Waals surface area contributed by atoms with Gasteiger partial charge in [-0.1, -0.05) is 12.1 Å². The van der Waals surface area contributed by atoms with Crippen molar-refractivity contribution in [1.29, 1.82) is 0 Å². The number of carbonyl (C=O) groups excluding carboxylic acids is 2. The molecule has 6 nitrogen and oxygen atoms in total. The van der Waals surface area contributed by atoms with Crippen molar-refractivity contribution in [3.8, 4) is 0 Å². The van der Waals surface area contributed by atoms with Crippen molar-refractivity contribution in [2.24, 2.45) is 5.92 Å². The Bertz CT molecular complexity index is 510. The van der Waals surface area contributed by atoms with Crippen molar-refractivity contribution in [3.05, 3.63) is 29.8 Å². The highest BCUT2D eigenvalue weighted by Gasteiger charge is 2.44. The fourth-order valence-corrected chi connectivity index (χ4v) is 1.77. The first-order valence-corrected chi connectivity index (χ1v) is 4.82. The molecule has 0 fully saturated rings. The Morgan fingerprint density at radius 1 is 1.35 bits per heavy atom.